The molecule has 1 saturated heterocycles. The van der Waals surface area contributed by atoms with Crippen LogP contribution in [-0.4, -0.2) is 66.4 Å². The molecule has 2 aliphatic heterocycles. The quantitative estimate of drug-likeness (QED) is 0.244. The number of hydrogen-bond acceptors (Lipinski definition) is 5. The molecule has 1 fully saturated rings. The van der Waals surface area contributed by atoms with E-state index < -0.39 is 17.7 Å². The summed E-state index contributed by atoms with van der Waals surface area (Å²) >= 11 is 0. The number of para-hydroxylation sites is 1. The number of aromatic amines is 1. The van der Waals surface area contributed by atoms with Crippen LogP contribution < -0.4 is 10.1 Å². The summed E-state index contributed by atoms with van der Waals surface area (Å²) in [4.78, 5) is 34.3. The third-order valence-electron chi connectivity index (χ3n) is 8.43. The summed E-state index contributed by atoms with van der Waals surface area (Å²) in [7, 11) is 0. The Balaban J connectivity index is 1.38. The highest BCUT2D eigenvalue weighted by Crippen LogP contribution is 2.37. The van der Waals surface area contributed by atoms with Gasteiger partial charge in [-0.1, -0.05) is 30.3 Å². The second kappa shape index (κ2) is 11.2. The average molecular weight is 583 g/mol. The van der Waals surface area contributed by atoms with Gasteiger partial charge >= 0.3 is 12.1 Å². The summed E-state index contributed by atoms with van der Waals surface area (Å²) in [5.74, 6) is 0.212. The van der Waals surface area contributed by atoms with Crippen molar-refractivity contribution >= 4 is 28.7 Å². The zero-order chi connectivity index (χ0) is 30.3. The molecule has 2 aromatic carbocycles. The van der Waals surface area contributed by atoms with Gasteiger partial charge in [0.1, 0.15) is 5.60 Å². The smallest absolute Gasteiger partial charge is 0.407 e. The molecule has 10 heteroatoms. The number of aromatic nitrogens is 3. The van der Waals surface area contributed by atoms with E-state index in [1.165, 1.54) is 0 Å². The van der Waals surface area contributed by atoms with Gasteiger partial charge in [0.25, 0.3) is 0 Å². The lowest BCUT2D eigenvalue weighted by Gasteiger charge is -2.46. The lowest BCUT2D eigenvalue weighted by Crippen LogP contribution is -2.56. The molecule has 10 nitrogen and oxygen atoms in total. The molecule has 3 atom stereocenters. The predicted molar refractivity (Wildman–Crippen MR) is 164 cm³/mol. The number of aryl methyl sites for hydroxylation is 1. The monoisotopic (exact) mass is 582 g/mol. The third kappa shape index (κ3) is 6.00. The minimum atomic E-state index is -0.967. The number of rotatable bonds is 6. The molecule has 43 heavy (non-hydrogen) atoms. The van der Waals surface area contributed by atoms with E-state index in [1.807, 2.05) is 81.3 Å². The first-order valence-corrected chi connectivity index (χ1v) is 14.8. The van der Waals surface area contributed by atoms with Gasteiger partial charge in [0.15, 0.2) is 0 Å². The molecule has 0 radical (unpaired) electrons. The van der Waals surface area contributed by atoms with Crippen LogP contribution in [0.3, 0.4) is 0 Å². The number of carboxylic acid groups (broad SMARTS) is 1. The van der Waals surface area contributed by atoms with Gasteiger partial charge in [-0.05, 0) is 81.8 Å². The number of urea groups is 1. The number of H-pyrrole nitrogens is 1. The molecule has 2 aromatic heterocycles. The van der Waals surface area contributed by atoms with Crippen molar-refractivity contribution in [2.24, 2.45) is 0 Å². The second-order valence-corrected chi connectivity index (χ2v) is 12.6. The molecule has 0 saturated carbocycles. The van der Waals surface area contributed by atoms with Gasteiger partial charge in [-0.25, -0.2) is 14.6 Å². The Morgan fingerprint density at radius 1 is 1.16 bits per heavy atom. The zero-order valence-electron chi connectivity index (χ0n) is 25.0. The first-order chi connectivity index (χ1) is 20.6. The van der Waals surface area contributed by atoms with Crippen LogP contribution in [0.15, 0.2) is 60.8 Å². The average Bonchev–Trinajstić information content (AvgIpc) is 3.44. The van der Waals surface area contributed by atoms with Crippen molar-refractivity contribution in [3.8, 4) is 5.88 Å². The van der Waals surface area contributed by atoms with Crippen molar-refractivity contribution in [3.63, 3.8) is 0 Å². The number of benzene rings is 2. The van der Waals surface area contributed by atoms with Gasteiger partial charge in [0, 0.05) is 53.9 Å². The summed E-state index contributed by atoms with van der Waals surface area (Å²) in [5.41, 5.74) is 5.32. The molecule has 224 valence electrons. The number of likely N-dealkylation sites (tertiary alicyclic amines) is 1. The Hall–Kier alpha value is -4.60. The van der Waals surface area contributed by atoms with E-state index in [-0.39, 0.29) is 18.0 Å². The van der Waals surface area contributed by atoms with E-state index in [1.54, 1.807) is 4.90 Å². The molecule has 3 N–H and O–H groups in total. The lowest BCUT2D eigenvalue weighted by atomic mass is 9.81. The second-order valence-electron chi connectivity index (χ2n) is 12.6. The van der Waals surface area contributed by atoms with Gasteiger partial charge in [-0.2, -0.15) is 5.10 Å². The van der Waals surface area contributed by atoms with Crippen molar-refractivity contribution < 1.29 is 19.4 Å². The van der Waals surface area contributed by atoms with Gasteiger partial charge in [0.05, 0.1) is 11.7 Å². The highest BCUT2D eigenvalue weighted by Gasteiger charge is 2.42. The molecule has 4 aromatic rings. The maximum atomic E-state index is 13.3. The highest BCUT2D eigenvalue weighted by molar-refractivity contribution is 5.92. The fourth-order valence-corrected chi connectivity index (χ4v) is 6.53. The van der Waals surface area contributed by atoms with E-state index in [0.717, 1.165) is 39.0 Å². The van der Waals surface area contributed by atoms with Gasteiger partial charge in [-0.15, -0.1) is 0 Å². The maximum Gasteiger partial charge on any atom is 0.407 e. The number of hydrogen-bond donors (Lipinski definition) is 3. The zero-order valence-corrected chi connectivity index (χ0v) is 25.0. The van der Waals surface area contributed by atoms with Crippen LogP contribution in [0.1, 0.15) is 61.9 Å². The Bertz CT molecular complexity index is 1660. The number of piperidine rings is 1. The first-order valence-electron chi connectivity index (χ1n) is 14.8. The van der Waals surface area contributed by atoms with Crippen molar-refractivity contribution in [2.75, 3.05) is 11.9 Å². The molecule has 0 aliphatic carbocycles. The summed E-state index contributed by atoms with van der Waals surface area (Å²) in [6.45, 7) is 8.78. The number of amides is 3. The molecule has 0 spiro atoms. The predicted octanol–water partition coefficient (Wildman–Crippen LogP) is 6.33. The van der Waals surface area contributed by atoms with Crippen LogP contribution in [0.4, 0.5) is 15.3 Å². The van der Waals surface area contributed by atoms with Crippen LogP contribution in [0.25, 0.3) is 10.9 Å². The summed E-state index contributed by atoms with van der Waals surface area (Å²) in [6, 6.07) is 17.1. The van der Waals surface area contributed by atoms with Crippen LogP contribution in [0.2, 0.25) is 0 Å². The standard InChI is InChI=1S/C33H38N6O4/c1-20-14-21(15-23-18-34-37-30(20)23)16-25(27-10-7-11-29(35-27)43-33(2,3)4)28-17-24(12-13-38(28)32(41)42)39-19-22-8-5-6-9-26(22)36-31(39)40/h5-11,14-15,18,24-25,28H,12-13,16-17,19H2,1-4H3,(H,34,37)(H,36,40)(H,41,42). The first kappa shape index (κ1) is 28.5. The number of nitrogens with one attached hydrogen (secondary N) is 2. The molecule has 2 aliphatic rings. The topological polar surface area (TPSA) is 124 Å². The molecule has 4 heterocycles. The number of ether oxygens (including phenoxy) is 1. The number of carbonyl (C=O) groups excluding carboxylic acids is 1. The van der Waals surface area contributed by atoms with E-state index >= 15 is 0 Å². The highest BCUT2D eigenvalue weighted by atomic mass is 16.5. The van der Waals surface area contributed by atoms with Gasteiger partial charge < -0.3 is 25.0 Å². The van der Waals surface area contributed by atoms with Crippen molar-refractivity contribution in [3.05, 3.63) is 83.2 Å². The Morgan fingerprint density at radius 3 is 2.77 bits per heavy atom. The maximum absolute atomic E-state index is 13.3. The van der Waals surface area contributed by atoms with Crippen LogP contribution >= 0.6 is 0 Å². The number of carbonyl (C=O) groups is 2. The Kier molecular flexibility index (Phi) is 7.45. The van der Waals surface area contributed by atoms with Crippen LogP contribution in [0.5, 0.6) is 5.88 Å². The molecule has 0 bridgehead atoms. The fourth-order valence-electron chi connectivity index (χ4n) is 6.53. The van der Waals surface area contributed by atoms with Crippen molar-refractivity contribution in [1.82, 2.24) is 25.0 Å². The van der Waals surface area contributed by atoms with Crippen LogP contribution in [0, 0.1) is 6.92 Å². The Labute approximate surface area is 251 Å². The third-order valence-corrected chi connectivity index (χ3v) is 8.43. The number of anilines is 1. The molecular weight excluding hydrogens is 544 g/mol. The molecular formula is C33H38N6O4. The van der Waals surface area contributed by atoms with Crippen molar-refractivity contribution in [2.45, 2.75) is 77.1 Å². The van der Waals surface area contributed by atoms with Gasteiger partial charge in [0.2, 0.25) is 5.88 Å². The largest absolute Gasteiger partial charge is 0.472 e. The minimum absolute atomic E-state index is 0.136. The van der Waals surface area contributed by atoms with E-state index in [9.17, 15) is 14.7 Å². The summed E-state index contributed by atoms with van der Waals surface area (Å²) in [5, 5.41) is 21.7. The number of nitrogens with zero attached hydrogens (tertiary/aromatic N) is 4. The van der Waals surface area contributed by atoms with E-state index in [0.29, 0.717) is 38.2 Å². The van der Waals surface area contributed by atoms with Gasteiger partial charge in [-0.3, -0.25) is 5.10 Å². The normalized spacial score (nSPS) is 19.6. The van der Waals surface area contributed by atoms with E-state index in [4.69, 9.17) is 9.72 Å². The molecule has 3 amide bonds. The Morgan fingerprint density at radius 2 is 1.98 bits per heavy atom. The molecule has 3 unspecified atom stereocenters. The number of pyridine rings is 1. The molecule has 6 rings (SSSR count). The summed E-state index contributed by atoms with van der Waals surface area (Å²) < 4.78 is 6.12. The summed E-state index contributed by atoms with van der Waals surface area (Å²) in [6.07, 6.45) is 2.45. The van der Waals surface area contributed by atoms with Crippen LogP contribution in [-0.2, 0) is 13.0 Å². The fraction of sp³-hybridized carbons (Fsp3) is 0.394. The minimum Gasteiger partial charge on any atom is -0.472 e. The van der Waals surface area contributed by atoms with E-state index in [2.05, 4.69) is 27.6 Å². The number of fused-ring (bicyclic) bond motifs is 2. The lowest BCUT2D eigenvalue weighted by molar-refractivity contribution is 0.0602. The SMILES string of the molecule is Cc1cc(CC(c2cccc(OC(C)(C)C)n2)C2CC(N3Cc4ccccc4NC3=O)CCN2C(=O)O)cc2cn[nH]c12. The van der Waals surface area contributed by atoms with Crippen molar-refractivity contribution in [1.29, 1.82) is 0 Å².